The van der Waals surface area contributed by atoms with Gasteiger partial charge >= 0.3 is 0 Å². The summed E-state index contributed by atoms with van der Waals surface area (Å²) < 4.78 is 2.42. The van der Waals surface area contributed by atoms with Gasteiger partial charge in [-0.1, -0.05) is 130 Å². The first-order valence-corrected chi connectivity index (χ1v) is 16.5. The van der Waals surface area contributed by atoms with Crippen LogP contribution in [0.5, 0.6) is 0 Å². The van der Waals surface area contributed by atoms with E-state index in [9.17, 15) is 0 Å². The number of allylic oxidation sites excluding steroid dienone is 5. The lowest BCUT2D eigenvalue weighted by Gasteiger charge is -2.21. The summed E-state index contributed by atoms with van der Waals surface area (Å²) >= 11 is 0. The second-order valence-corrected chi connectivity index (χ2v) is 13.1. The topological polar surface area (TPSA) is 54.5 Å². The van der Waals surface area contributed by atoms with Crippen LogP contribution in [0.15, 0.2) is 152 Å². The normalized spacial score (nSPS) is 13.5. The fraction of sp³-hybridized carbons (Fsp3) is 0.0889. The molecule has 2 aromatic heterocycles. The molecule has 0 atom stereocenters. The minimum atomic E-state index is -0.106. The highest BCUT2D eigenvalue weighted by Gasteiger charge is 2.37. The highest BCUT2D eigenvalue weighted by atomic mass is 15.0. The minimum absolute atomic E-state index is 0.106. The average molecular weight is 631 g/mol. The lowest BCUT2D eigenvalue weighted by molar-refractivity contribution is 0.661. The van der Waals surface area contributed by atoms with E-state index in [0.29, 0.717) is 11.4 Å². The van der Waals surface area contributed by atoms with Crippen LogP contribution >= 0.6 is 0 Å². The largest absolute Gasteiger partial charge is 0.309 e. The van der Waals surface area contributed by atoms with Gasteiger partial charge in [-0.3, -0.25) is 0 Å². The summed E-state index contributed by atoms with van der Waals surface area (Å²) in [5.41, 5.74) is 13.4. The molecule has 234 valence electrons. The molecule has 4 heteroatoms. The Balaban J connectivity index is 1.34. The zero-order valence-corrected chi connectivity index (χ0v) is 27.8. The second kappa shape index (κ2) is 11.7. The molecule has 2 heterocycles. The Morgan fingerprint density at radius 2 is 1.53 bits per heavy atom. The Morgan fingerprint density at radius 3 is 2.37 bits per heavy atom. The highest BCUT2D eigenvalue weighted by Crippen LogP contribution is 2.52. The van der Waals surface area contributed by atoms with Gasteiger partial charge in [-0.25, -0.2) is 9.97 Å². The molecule has 1 aliphatic carbocycles. The summed E-state index contributed by atoms with van der Waals surface area (Å²) in [7, 11) is 0. The van der Waals surface area contributed by atoms with E-state index in [4.69, 9.17) is 15.2 Å². The van der Waals surface area contributed by atoms with Crippen LogP contribution in [0, 0.1) is 11.3 Å². The first-order chi connectivity index (χ1) is 23.8. The number of benzene rings is 5. The maximum Gasteiger partial charge on any atom is 0.160 e. The molecular weight excluding hydrogens is 597 g/mol. The molecule has 0 amide bonds. The molecule has 0 saturated carbocycles. The number of nitriles is 1. The van der Waals surface area contributed by atoms with Crippen molar-refractivity contribution in [3.05, 3.63) is 169 Å². The maximum atomic E-state index is 9.16. The fourth-order valence-corrected chi connectivity index (χ4v) is 7.22. The van der Waals surface area contributed by atoms with E-state index in [1.54, 1.807) is 13.0 Å². The third-order valence-corrected chi connectivity index (χ3v) is 9.69. The molecule has 0 unspecified atom stereocenters. The molecule has 0 fully saturated rings. The lowest BCUT2D eigenvalue weighted by Crippen LogP contribution is -2.14. The standard InChI is InChI=1S/C45H34N4/c1-29(28-46)14-12-15-30(2)39-27-40(31-16-6-5-7-17-31)48-44(47-39)32-18-13-19-33(26-32)49-41-23-11-9-20-34(41)35-24-25-38-42(43(35)49)36-21-8-10-22-37(36)45(38,3)4/h5-27H,2H2,1,3-4H3/b15-12-,29-14+. The van der Waals surface area contributed by atoms with E-state index in [-0.39, 0.29) is 5.41 Å². The Morgan fingerprint density at radius 1 is 0.776 bits per heavy atom. The van der Waals surface area contributed by atoms with E-state index in [0.717, 1.165) is 39.3 Å². The molecule has 4 nitrogen and oxygen atoms in total. The van der Waals surface area contributed by atoms with Crippen molar-refractivity contribution < 1.29 is 0 Å². The molecule has 0 spiro atoms. The average Bonchev–Trinajstić information content (AvgIpc) is 3.60. The second-order valence-electron chi connectivity index (χ2n) is 13.1. The zero-order chi connectivity index (χ0) is 33.7. The van der Waals surface area contributed by atoms with Crippen LogP contribution in [0.4, 0.5) is 0 Å². The summed E-state index contributed by atoms with van der Waals surface area (Å²) in [6.07, 6.45) is 5.50. The molecular formula is C45H34N4. The van der Waals surface area contributed by atoms with E-state index >= 15 is 0 Å². The van der Waals surface area contributed by atoms with Gasteiger partial charge in [0, 0.05) is 44.1 Å². The van der Waals surface area contributed by atoms with Crippen LogP contribution in [0.3, 0.4) is 0 Å². The van der Waals surface area contributed by atoms with Gasteiger partial charge in [-0.2, -0.15) is 5.26 Å². The van der Waals surface area contributed by atoms with Crippen molar-refractivity contribution in [2.24, 2.45) is 0 Å². The third-order valence-electron chi connectivity index (χ3n) is 9.69. The van der Waals surface area contributed by atoms with Crippen LogP contribution in [-0.2, 0) is 5.41 Å². The summed E-state index contributed by atoms with van der Waals surface area (Å²) in [6.45, 7) is 10.8. The molecule has 0 aliphatic heterocycles. The quantitative estimate of drug-likeness (QED) is 0.136. The summed E-state index contributed by atoms with van der Waals surface area (Å²) in [4.78, 5) is 10.1. The van der Waals surface area contributed by atoms with Gasteiger partial charge in [0.1, 0.15) is 0 Å². The highest BCUT2D eigenvalue weighted by molar-refractivity contribution is 6.15. The predicted octanol–water partition coefficient (Wildman–Crippen LogP) is 11.3. The van der Waals surface area contributed by atoms with E-state index < -0.39 is 0 Å². The summed E-state index contributed by atoms with van der Waals surface area (Å²) in [5.74, 6) is 0.619. The van der Waals surface area contributed by atoms with Crippen LogP contribution in [0.1, 0.15) is 37.6 Å². The summed E-state index contributed by atoms with van der Waals surface area (Å²) in [6, 6.07) is 45.0. The number of para-hydroxylation sites is 1. The maximum absolute atomic E-state index is 9.16. The number of fused-ring (bicyclic) bond motifs is 7. The first kappa shape index (κ1) is 30.1. The van der Waals surface area contributed by atoms with Crippen molar-refractivity contribution >= 4 is 27.4 Å². The molecule has 1 aliphatic rings. The molecule has 0 saturated heterocycles. The van der Waals surface area contributed by atoms with Gasteiger partial charge in [0.05, 0.1) is 28.5 Å². The van der Waals surface area contributed by atoms with E-state index in [2.05, 4.69) is 128 Å². The number of hydrogen-bond acceptors (Lipinski definition) is 3. The van der Waals surface area contributed by atoms with Crippen LogP contribution in [-0.4, -0.2) is 14.5 Å². The summed E-state index contributed by atoms with van der Waals surface area (Å²) in [5, 5.41) is 11.6. The molecule has 8 rings (SSSR count). The van der Waals surface area contributed by atoms with Crippen LogP contribution < -0.4 is 0 Å². The molecule has 0 N–H and O–H groups in total. The third kappa shape index (κ3) is 4.99. The van der Waals surface area contributed by atoms with E-state index in [1.807, 2.05) is 36.4 Å². The van der Waals surface area contributed by atoms with Crippen LogP contribution in [0.2, 0.25) is 0 Å². The van der Waals surface area contributed by atoms with Crippen molar-refractivity contribution in [1.82, 2.24) is 14.5 Å². The number of nitrogens with zero attached hydrogens (tertiary/aromatic N) is 4. The van der Waals surface area contributed by atoms with Gasteiger partial charge in [-0.05, 0) is 59.5 Å². The SMILES string of the molecule is C=C(/C=C\C=C(/C)C#N)c1cc(-c2ccccc2)nc(-c2cccc(-n3c4ccccc4c4ccc5c(c43)-c3ccccc3C5(C)C)c2)n1. The van der Waals surface area contributed by atoms with Gasteiger partial charge in [-0.15, -0.1) is 0 Å². The van der Waals surface area contributed by atoms with Gasteiger partial charge in [0.15, 0.2) is 5.82 Å². The molecule has 0 radical (unpaired) electrons. The Bertz CT molecular complexity index is 2560. The fourth-order valence-electron chi connectivity index (χ4n) is 7.22. The van der Waals surface area contributed by atoms with Crippen molar-refractivity contribution in [3.63, 3.8) is 0 Å². The Kier molecular flexibility index (Phi) is 7.20. The zero-order valence-electron chi connectivity index (χ0n) is 27.8. The monoisotopic (exact) mass is 630 g/mol. The molecule has 5 aromatic carbocycles. The van der Waals surface area contributed by atoms with Gasteiger partial charge in [0.2, 0.25) is 0 Å². The van der Waals surface area contributed by atoms with Gasteiger partial charge < -0.3 is 4.57 Å². The molecule has 0 bridgehead atoms. The molecule has 7 aromatic rings. The smallest absolute Gasteiger partial charge is 0.160 e. The van der Waals surface area contributed by atoms with Crippen molar-refractivity contribution in [2.75, 3.05) is 0 Å². The van der Waals surface area contributed by atoms with Gasteiger partial charge in [0.25, 0.3) is 0 Å². The first-order valence-electron chi connectivity index (χ1n) is 16.5. The van der Waals surface area contributed by atoms with Crippen LogP contribution in [0.25, 0.3) is 66.8 Å². The molecule has 49 heavy (non-hydrogen) atoms. The van der Waals surface area contributed by atoms with E-state index in [1.165, 1.54) is 38.5 Å². The number of aromatic nitrogens is 3. The lowest BCUT2D eigenvalue weighted by atomic mass is 9.82. The van der Waals surface area contributed by atoms with Crippen molar-refractivity contribution in [2.45, 2.75) is 26.2 Å². The Labute approximate surface area is 286 Å². The van der Waals surface area contributed by atoms with Crippen molar-refractivity contribution in [1.29, 1.82) is 5.26 Å². The number of rotatable bonds is 6. The minimum Gasteiger partial charge on any atom is -0.309 e. The number of hydrogen-bond donors (Lipinski definition) is 0. The predicted molar refractivity (Wildman–Crippen MR) is 202 cm³/mol. The van der Waals surface area contributed by atoms with Crippen molar-refractivity contribution in [3.8, 4) is 45.5 Å². The Hall–Kier alpha value is -6.31.